The number of benzene rings is 1. The van der Waals surface area contributed by atoms with Crippen molar-refractivity contribution in [2.24, 2.45) is 0 Å². The summed E-state index contributed by atoms with van der Waals surface area (Å²) in [5, 5.41) is 2.52. The van der Waals surface area contributed by atoms with Crippen LogP contribution in [0.2, 0.25) is 0 Å². The Bertz CT molecular complexity index is 797. The molecule has 2 aromatic heterocycles. The minimum atomic E-state index is -0.0558. The van der Waals surface area contributed by atoms with Gasteiger partial charge in [-0.25, -0.2) is 4.98 Å². The van der Waals surface area contributed by atoms with Gasteiger partial charge in [-0.3, -0.25) is 4.79 Å². The Hall–Kier alpha value is -2.44. The van der Waals surface area contributed by atoms with Gasteiger partial charge in [0.05, 0.1) is 6.26 Å². The second kappa shape index (κ2) is 8.09. The van der Waals surface area contributed by atoms with Crippen LogP contribution in [0.4, 0.5) is 0 Å². The number of rotatable bonds is 7. The summed E-state index contributed by atoms with van der Waals surface area (Å²) in [7, 11) is 4.01. The summed E-state index contributed by atoms with van der Waals surface area (Å²) in [5.41, 5.74) is 1.57. The van der Waals surface area contributed by atoms with E-state index in [9.17, 15) is 4.79 Å². The summed E-state index contributed by atoms with van der Waals surface area (Å²) in [6.07, 6.45) is 1.61. The lowest BCUT2D eigenvalue weighted by Crippen LogP contribution is -2.36. The molecular formula is C19H21N3O2S. The third-order valence-corrected chi connectivity index (χ3v) is 4.63. The molecule has 0 N–H and O–H groups in total. The van der Waals surface area contributed by atoms with E-state index in [0.717, 1.165) is 17.1 Å². The second-order valence-electron chi connectivity index (χ2n) is 6.03. The highest BCUT2D eigenvalue weighted by Gasteiger charge is 2.20. The molecule has 0 aliphatic carbocycles. The van der Waals surface area contributed by atoms with Crippen molar-refractivity contribution in [3.8, 4) is 10.8 Å². The lowest BCUT2D eigenvalue weighted by molar-refractivity contribution is 0.0727. The maximum Gasteiger partial charge on any atom is 0.273 e. The van der Waals surface area contributed by atoms with Crippen LogP contribution in [-0.2, 0) is 6.54 Å². The zero-order chi connectivity index (χ0) is 17.6. The molecule has 0 unspecified atom stereocenters. The third kappa shape index (κ3) is 4.55. The highest BCUT2D eigenvalue weighted by atomic mass is 32.1. The monoisotopic (exact) mass is 355 g/mol. The Morgan fingerprint density at radius 3 is 2.60 bits per heavy atom. The number of hydrogen-bond acceptors (Lipinski definition) is 5. The first-order valence-electron chi connectivity index (χ1n) is 8.11. The van der Waals surface area contributed by atoms with Gasteiger partial charge in [0.2, 0.25) is 0 Å². The van der Waals surface area contributed by atoms with Gasteiger partial charge in [-0.05, 0) is 31.8 Å². The van der Waals surface area contributed by atoms with Crippen LogP contribution in [0.5, 0.6) is 0 Å². The number of furan rings is 1. The van der Waals surface area contributed by atoms with Gasteiger partial charge in [-0.2, -0.15) is 0 Å². The molecule has 0 atom stereocenters. The predicted molar refractivity (Wildman–Crippen MR) is 99.6 cm³/mol. The fourth-order valence-electron chi connectivity index (χ4n) is 2.42. The van der Waals surface area contributed by atoms with E-state index in [0.29, 0.717) is 24.5 Å². The van der Waals surface area contributed by atoms with Gasteiger partial charge in [-0.1, -0.05) is 30.3 Å². The van der Waals surface area contributed by atoms with Crippen molar-refractivity contribution in [2.45, 2.75) is 6.54 Å². The molecule has 0 spiro atoms. The minimum absolute atomic E-state index is 0.0558. The molecule has 0 bridgehead atoms. The summed E-state index contributed by atoms with van der Waals surface area (Å²) >= 11 is 1.42. The van der Waals surface area contributed by atoms with Gasteiger partial charge < -0.3 is 14.2 Å². The molecule has 0 fully saturated rings. The number of carbonyl (C=O) groups is 1. The zero-order valence-corrected chi connectivity index (χ0v) is 15.2. The molecule has 0 aliphatic rings. The SMILES string of the molecule is CN(C)CCN(Cc1ccccc1)C(=O)c1csc(-c2ccco2)n1. The van der Waals surface area contributed by atoms with Gasteiger partial charge in [0, 0.05) is 25.0 Å². The van der Waals surface area contributed by atoms with E-state index < -0.39 is 0 Å². The Morgan fingerprint density at radius 1 is 1.12 bits per heavy atom. The molecule has 1 aromatic carbocycles. The smallest absolute Gasteiger partial charge is 0.273 e. The standard InChI is InChI=1S/C19H21N3O2S/c1-21(2)10-11-22(13-15-7-4-3-5-8-15)19(23)16-14-25-18(20-16)17-9-6-12-24-17/h3-9,12,14H,10-11,13H2,1-2H3. The van der Waals surface area contributed by atoms with Crippen LogP contribution in [0.1, 0.15) is 16.1 Å². The maximum absolute atomic E-state index is 13.0. The zero-order valence-electron chi connectivity index (χ0n) is 14.4. The van der Waals surface area contributed by atoms with Crippen LogP contribution in [-0.4, -0.2) is 47.9 Å². The van der Waals surface area contributed by atoms with Crippen molar-refractivity contribution >= 4 is 17.2 Å². The van der Waals surface area contributed by atoms with E-state index in [1.54, 1.807) is 11.6 Å². The van der Waals surface area contributed by atoms with Crippen molar-refractivity contribution in [2.75, 3.05) is 27.2 Å². The number of likely N-dealkylation sites (N-methyl/N-ethyl adjacent to an activating group) is 1. The molecule has 130 valence electrons. The van der Waals surface area contributed by atoms with E-state index in [4.69, 9.17) is 4.42 Å². The summed E-state index contributed by atoms with van der Waals surface area (Å²) < 4.78 is 5.36. The number of amides is 1. The highest BCUT2D eigenvalue weighted by molar-refractivity contribution is 7.13. The molecule has 3 rings (SSSR count). The molecule has 3 aromatic rings. The van der Waals surface area contributed by atoms with Crippen LogP contribution in [0, 0.1) is 0 Å². The fraction of sp³-hybridized carbons (Fsp3) is 0.263. The number of thiazole rings is 1. The molecule has 1 amide bonds. The van der Waals surface area contributed by atoms with Gasteiger partial charge in [0.1, 0.15) is 5.69 Å². The first-order valence-corrected chi connectivity index (χ1v) is 8.99. The Kier molecular flexibility index (Phi) is 5.63. The average molecular weight is 355 g/mol. The molecule has 5 nitrogen and oxygen atoms in total. The fourth-order valence-corrected chi connectivity index (χ4v) is 3.18. The van der Waals surface area contributed by atoms with Crippen molar-refractivity contribution in [3.63, 3.8) is 0 Å². The molecule has 0 aliphatic heterocycles. The Labute approximate surface area is 151 Å². The van der Waals surface area contributed by atoms with Crippen LogP contribution in [0.25, 0.3) is 10.8 Å². The van der Waals surface area contributed by atoms with Gasteiger partial charge in [0.25, 0.3) is 5.91 Å². The van der Waals surface area contributed by atoms with Crippen molar-refractivity contribution in [1.29, 1.82) is 0 Å². The van der Waals surface area contributed by atoms with E-state index in [-0.39, 0.29) is 5.91 Å². The minimum Gasteiger partial charge on any atom is -0.462 e. The van der Waals surface area contributed by atoms with Crippen LogP contribution in [0.3, 0.4) is 0 Å². The average Bonchev–Trinajstić information content (AvgIpc) is 3.29. The topological polar surface area (TPSA) is 49.6 Å². The Balaban J connectivity index is 1.78. The van der Waals surface area contributed by atoms with Gasteiger partial charge >= 0.3 is 0 Å². The highest BCUT2D eigenvalue weighted by Crippen LogP contribution is 2.24. The van der Waals surface area contributed by atoms with E-state index in [2.05, 4.69) is 9.88 Å². The summed E-state index contributed by atoms with van der Waals surface area (Å²) in [4.78, 5) is 21.3. The molecule has 0 saturated heterocycles. The van der Waals surface area contributed by atoms with Crippen molar-refractivity contribution in [3.05, 3.63) is 65.4 Å². The molecule has 2 heterocycles. The van der Waals surface area contributed by atoms with Crippen LogP contribution >= 0.6 is 11.3 Å². The predicted octanol–water partition coefficient (Wildman–Crippen LogP) is 3.61. The lowest BCUT2D eigenvalue weighted by atomic mass is 10.2. The molecule has 25 heavy (non-hydrogen) atoms. The van der Waals surface area contributed by atoms with Crippen LogP contribution in [0.15, 0.2) is 58.5 Å². The number of carbonyl (C=O) groups excluding carboxylic acids is 1. The van der Waals surface area contributed by atoms with E-state index in [1.165, 1.54) is 11.3 Å². The Morgan fingerprint density at radius 2 is 1.92 bits per heavy atom. The molecule has 6 heteroatoms. The number of nitrogens with zero attached hydrogens (tertiary/aromatic N) is 3. The maximum atomic E-state index is 13.0. The lowest BCUT2D eigenvalue weighted by Gasteiger charge is -2.24. The van der Waals surface area contributed by atoms with Gasteiger partial charge in [-0.15, -0.1) is 11.3 Å². The summed E-state index contributed by atoms with van der Waals surface area (Å²) in [6.45, 7) is 2.02. The quantitative estimate of drug-likeness (QED) is 0.650. The molecule has 0 radical (unpaired) electrons. The summed E-state index contributed by atoms with van der Waals surface area (Å²) in [5.74, 6) is 0.631. The van der Waals surface area contributed by atoms with Crippen LogP contribution < -0.4 is 0 Å². The van der Waals surface area contributed by atoms with Gasteiger partial charge in [0.15, 0.2) is 10.8 Å². The van der Waals surface area contributed by atoms with Crippen molar-refractivity contribution < 1.29 is 9.21 Å². The number of hydrogen-bond donors (Lipinski definition) is 0. The largest absolute Gasteiger partial charge is 0.462 e. The molecular weight excluding hydrogens is 334 g/mol. The first kappa shape index (κ1) is 17.4. The van der Waals surface area contributed by atoms with Crippen molar-refractivity contribution in [1.82, 2.24) is 14.8 Å². The van der Waals surface area contributed by atoms with E-state index in [1.807, 2.05) is 61.5 Å². The normalized spacial score (nSPS) is 11.0. The van der Waals surface area contributed by atoms with E-state index >= 15 is 0 Å². The summed E-state index contributed by atoms with van der Waals surface area (Å²) in [6, 6.07) is 13.7. The third-order valence-electron chi connectivity index (χ3n) is 3.78. The second-order valence-corrected chi connectivity index (χ2v) is 6.89. The number of aromatic nitrogens is 1. The first-order chi connectivity index (χ1) is 12.1. The molecule has 0 saturated carbocycles.